The molecular formula is C10H14N2S. The summed E-state index contributed by atoms with van der Waals surface area (Å²) in [5.41, 5.74) is 1.09. The van der Waals surface area contributed by atoms with E-state index >= 15 is 0 Å². The lowest BCUT2D eigenvalue weighted by Gasteiger charge is -2.10. The van der Waals surface area contributed by atoms with Gasteiger partial charge in [0.2, 0.25) is 0 Å². The number of hydrogen-bond donors (Lipinski definition) is 1. The molecule has 1 N–H and O–H groups in total. The highest BCUT2D eigenvalue weighted by Gasteiger charge is 2.07. The maximum atomic E-state index is 5.26. The Balaban J connectivity index is 2.52. The molecule has 0 aromatic carbocycles. The third-order valence-corrected chi connectivity index (χ3v) is 2.85. The average molecular weight is 194 g/mol. The lowest BCUT2D eigenvalue weighted by Crippen LogP contribution is -2.26. The van der Waals surface area contributed by atoms with Crippen LogP contribution >= 0.6 is 11.3 Å². The minimum Gasteiger partial charge on any atom is -0.316 e. The fourth-order valence-corrected chi connectivity index (χ4v) is 1.98. The number of aryl methyl sites for hydroxylation is 1. The van der Waals surface area contributed by atoms with Gasteiger partial charge in [-0.25, -0.2) is 4.98 Å². The molecule has 0 aliphatic heterocycles. The molecule has 1 unspecified atom stereocenters. The van der Waals surface area contributed by atoms with Gasteiger partial charge in [-0.2, -0.15) is 0 Å². The predicted octanol–water partition coefficient (Wildman–Crippen LogP) is 1.61. The largest absolute Gasteiger partial charge is 0.316 e. The number of terminal acetylenes is 1. The molecule has 1 atom stereocenters. The monoisotopic (exact) mass is 194 g/mol. The molecule has 1 aromatic heterocycles. The number of hydrogen-bond acceptors (Lipinski definition) is 3. The standard InChI is InChI=1S/C10H14N2S/c1-4-5-9(11-3)6-10-12-8(2)7-13-10/h1,7,9,11H,5-6H2,2-3H3. The first-order valence-electron chi connectivity index (χ1n) is 4.28. The first kappa shape index (κ1) is 10.2. The van der Waals surface area contributed by atoms with Crippen LogP contribution in [0.5, 0.6) is 0 Å². The molecule has 0 saturated carbocycles. The zero-order valence-electron chi connectivity index (χ0n) is 8.00. The van der Waals surface area contributed by atoms with Crippen LogP contribution in [-0.2, 0) is 6.42 Å². The van der Waals surface area contributed by atoms with Crippen molar-refractivity contribution in [3.8, 4) is 12.3 Å². The number of thiazole rings is 1. The van der Waals surface area contributed by atoms with Crippen molar-refractivity contribution in [3.05, 3.63) is 16.1 Å². The van der Waals surface area contributed by atoms with E-state index in [1.165, 1.54) is 0 Å². The van der Waals surface area contributed by atoms with E-state index in [0.29, 0.717) is 6.04 Å². The van der Waals surface area contributed by atoms with Gasteiger partial charge >= 0.3 is 0 Å². The molecule has 0 fully saturated rings. The first-order valence-corrected chi connectivity index (χ1v) is 5.16. The van der Waals surface area contributed by atoms with Gasteiger partial charge in [0.15, 0.2) is 0 Å². The quantitative estimate of drug-likeness (QED) is 0.737. The molecule has 0 radical (unpaired) electrons. The molecule has 0 aliphatic rings. The summed E-state index contributed by atoms with van der Waals surface area (Å²) in [5, 5.41) is 6.41. The molecule has 13 heavy (non-hydrogen) atoms. The molecule has 2 nitrogen and oxygen atoms in total. The number of rotatable bonds is 4. The van der Waals surface area contributed by atoms with E-state index in [2.05, 4.69) is 21.6 Å². The smallest absolute Gasteiger partial charge is 0.0943 e. The van der Waals surface area contributed by atoms with Gasteiger partial charge in [0, 0.05) is 30.0 Å². The van der Waals surface area contributed by atoms with Crippen molar-refractivity contribution in [2.75, 3.05) is 7.05 Å². The summed E-state index contributed by atoms with van der Waals surface area (Å²) >= 11 is 1.70. The summed E-state index contributed by atoms with van der Waals surface area (Å²) < 4.78 is 0. The zero-order chi connectivity index (χ0) is 9.68. The molecule has 0 aliphatic carbocycles. The lowest BCUT2D eigenvalue weighted by molar-refractivity contribution is 0.571. The number of likely N-dealkylation sites (N-methyl/N-ethyl adjacent to an activating group) is 1. The summed E-state index contributed by atoms with van der Waals surface area (Å²) in [6, 6.07) is 0.357. The Morgan fingerprint density at radius 2 is 2.54 bits per heavy atom. The van der Waals surface area contributed by atoms with Crippen molar-refractivity contribution < 1.29 is 0 Å². The normalized spacial score (nSPS) is 12.4. The molecule has 1 rings (SSSR count). The molecule has 3 heteroatoms. The highest BCUT2D eigenvalue weighted by atomic mass is 32.1. The van der Waals surface area contributed by atoms with E-state index in [0.717, 1.165) is 23.5 Å². The molecule has 1 heterocycles. The summed E-state index contributed by atoms with van der Waals surface area (Å²) in [6.07, 6.45) is 6.95. The van der Waals surface area contributed by atoms with Crippen LogP contribution in [0.4, 0.5) is 0 Å². The molecule has 70 valence electrons. The van der Waals surface area contributed by atoms with Crippen molar-refractivity contribution in [2.24, 2.45) is 0 Å². The average Bonchev–Trinajstić information content (AvgIpc) is 2.50. The van der Waals surface area contributed by atoms with Crippen LogP contribution in [0.25, 0.3) is 0 Å². The van der Waals surface area contributed by atoms with Crippen molar-refractivity contribution in [3.63, 3.8) is 0 Å². The van der Waals surface area contributed by atoms with E-state index in [4.69, 9.17) is 6.42 Å². The Labute approximate surface area is 83.4 Å². The summed E-state index contributed by atoms with van der Waals surface area (Å²) in [5.74, 6) is 2.66. The fourth-order valence-electron chi connectivity index (χ4n) is 1.13. The van der Waals surface area contributed by atoms with E-state index in [1.54, 1.807) is 11.3 Å². The van der Waals surface area contributed by atoms with Gasteiger partial charge in [0.1, 0.15) is 0 Å². The Bertz CT molecular complexity index is 298. The summed E-state index contributed by atoms with van der Waals surface area (Å²) in [7, 11) is 1.93. The third-order valence-electron chi connectivity index (χ3n) is 1.86. The topological polar surface area (TPSA) is 24.9 Å². The van der Waals surface area contributed by atoms with Crippen molar-refractivity contribution in [1.82, 2.24) is 10.3 Å². The molecule has 0 bridgehead atoms. The number of nitrogens with zero attached hydrogens (tertiary/aromatic N) is 1. The van der Waals surface area contributed by atoms with Crippen LogP contribution < -0.4 is 5.32 Å². The maximum absolute atomic E-state index is 5.26. The van der Waals surface area contributed by atoms with Gasteiger partial charge in [0.25, 0.3) is 0 Å². The van der Waals surface area contributed by atoms with Crippen LogP contribution in [0.3, 0.4) is 0 Å². The number of nitrogens with one attached hydrogen (secondary N) is 1. The zero-order valence-corrected chi connectivity index (χ0v) is 8.82. The SMILES string of the molecule is C#CCC(Cc1nc(C)cs1)NC. The predicted molar refractivity (Wildman–Crippen MR) is 56.9 cm³/mol. The van der Waals surface area contributed by atoms with Gasteiger partial charge < -0.3 is 5.32 Å². The Kier molecular flexibility index (Phi) is 3.94. The summed E-state index contributed by atoms with van der Waals surface area (Å²) in [4.78, 5) is 4.39. The lowest BCUT2D eigenvalue weighted by atomic mass is 10.1. The Hall–Kier alpha value is -0.850. The van der Waals surface area contributed by atoms with Crippen LogP contribution in [0.2, 0.25) is 0 Å². The first-order chi connectivity index (χ1) is 6.26. The third kappa shape index (κ3) is 3.17. The minimum atomic E-state index is 0.357. The number of aromatic nitrogens is 1. The van der Waals surface area contributed by atoms with Gasteiger partial charge in [0.05, 0.1) is 5.01 Å². The van der Waals surface area contributed by atoms with Crippen molar-refractivity contribution >= 4 is 11.3 Å². The van der Waals surface area contributed by atoms with E-state index in [9.17, 15) is 0 Å². The Morgan fingerprint density at radius 1 is 1.77 bits per heavy atom. The second-order valence-electron chi connectivity index (χ2n) is 2.98. The van der Waals surface area contributed by atoms with Crippen LogP contribution in [0.1, 0.15) is 17.1 Å². The van der Waals surface area contributed by atoms with E-state index < -0.39 is 0 Å². The second kappa shape index (κ2) is 5.00. The second-order valence-corrected chi connectivity index (χ2v) is 3.92. The minimum absolute atomic E-state index is 0.357. The van der Waals surface area contributed by atoms with Crippen molar-refractivity contribution in [1.29, 1.82) is 0 Å². The van der Waals surface area contributed by atoms with Gasteiger partial charge in [-0.05, 0) is 14.0 Å². The summed E-state index contributed by atoms with van der Waals surface area (Å²) in [6.45, 7) is 2.01. The van der Waals surface area contributed by atoms with E-state index in [-0.39, 0.29) is 0 Å². The van der Waals surface area contributed by atoms with Crippen LogP contribution in [-0.4, -0.2) is 18.1 Å². The van der Waals surface area contributed by atoms with Crippen LogP contribution in [0, 0.1) is 19.3 Å². The molecule has 0 saturated heterocycles. The van der Waals surface area contributed by atoms with Crippen LogP contribution in [0.15, 0.2) is 5.38 Å². The molecule has 0 amide bonds. The van der Waals surface area contributed by atoms with Gasteiger partial charge in [-0.15, -0.1) is 23.7 Å². The maximum Gasteiger partial charge on any atom is 0.0943 e. The molecular weight excluding hydrogens is 180 g/mol. The van der Waals surface area contributed by atoms with E-state index in [1.807, 2.05) is 14.0 Å². The molecule has 0 spiro atoms. The Morgan fingerprint density at radius 3 is 3.00 bits per heavy atom. The fraction of sp³-hybridized carbons (Fsp3) is 0.500. The highest BCUT2D eigenvalue weighted by Crippen LogP contribution is 2.11. The van der Waals surface area contributed by atoms with Crippen molar-refractivity contribution in [2.45, 2.75) is 25.8 Å². The highest BCUT2D eigenvalue weighted by molar-refractivity contribution is 7.09. The van der Waals surface area contributed by atoms with Gasteiger partial charge in [-0.3, -0.25) is 0 Å². The molecule has 1 aromatic rings. The van der Waals surface area contributed by atoms with Gasteiger partial charge in [-0.1, -0.05) is 0 Å².